The number of alkyl halides is 3. The summed E-state index contributed by atoms with van der Waals surface area (Å²) < 4.78 is 38.6. The summed E-state index contributed by atoms with van der Waals surface area (Å²) in [6.07, 6.45) is -0.523. The Morgan fingerprint density at radius 3 is 2.40 bits per heavy atom. The average molecular weight is 286 g/mol. The zero-order valence-corrected chi connectivity index (χ0v) is 12.0. The Morgan fingerprint density at radius 1 is 1.20 bits per heavy atom. The molecule has 1 atom stereocenters. The summed E-state index contributed by atoms with van der Waals surface area (Å²) in [5, 5.41) is 0. The summed E-state index contributed by atoms with van der Waals surface area (Å²) in [5.41, 5.74) is -1.02. The molecule has 0 radical (unpaired) electrons. The number of unbranched alkanes of at least 4 members (excludes halogenated alkanes) is 1. The lowest BCUT2D eigenvalue weighted by Crippen LogP contribution is -2.15. The number of hydrogen-bond acceptors (Lipinski definition) is 1. The molecule has 0 bridgehead atoms. The van der Waals surface area contributed by atoms with Crippen molar-refractivity contribution in [2.75, 3.05) is 0 Å². The Morgan fingerprint density at radius 2 is 1.85 bits per heavy atom. The lowest BCUT2D eigenvalue weighted by atomic mass is 9.90. The van der Waals surface area contributed by atoms with Gasteiger partial charge in [0.05, 0.1) is 5.56 Å². The Kier molecular flexibility index (Phi) is 6.24. The van der Waals surface area contributed by atoms with Crippen molar-refractivity contribution < 1.29 is 18.0 Å². The minimum absolute atomic E-state index is 0.170. The standard InChI is InChI=1S/C16H21F3O/c1-3-5-8-12(4-2)11-15(20)13-9-6-7-10-14(13)16(17,18)19/h6-7,9-10,12H,3-5,8,11H2,1-2H3. The summed E-state index contributed by atoms with van der Waals surface area (Å²) in [6, 6.07) is 5.04. The topological polar surface area (TPSA) is 17.1 Å². The number of benzene rings is 1. The van der Waals surface area contributed by atoms with E-state index < -0.39 is 17.5 Å². The molecule has 1 aromatic carbocycles. The van der Waals surface area contributed by atoms with E-state index in [1.165, 1.54) is 18.2 Å². The average Bonchev–Trinajstić information content (AvgIpc) is 2.42. The molecule has 0 saturated heterocycles. The van der Waals surface area contributed by atoms with Gasteiger partial charge >= 0.3 is 6.18 Å². The first-order chi connectivity index (χ1) is 9.40. The Hall–Kier alpha value is -1.32. The molecular weight excluding hydrogens is 265 g/mol. The second-order valence-electron chi connectivity index (χ2n) is 5.09. The molecule has 0 aliphatic rings. The monoisotopic (exact) mass is 286 g/mol. The first-order valence-corrected chi connectivity index (χ1v) is 7.09. The number of carbonyl (C=O) groups excluding carboxylic acids is 1. The van der Waals surface area contributed by atoms with Crippen LogP contribution in [-0.2, 0) is 6.18 Å². The molecule has 0 saturated carbocycles. The van der Waals surface area contributed by atoms with Crippen LogP contribution in [0.25, 0.3) is 0 Å². The lowest BCUT2D eigenvalue weighted by Gasteiger charge is -2.16. The van der Waals surface area contributed by atoms with E-state index in [4.69, 9.17) is 0 Å². The van der Waals surface area contributed by atoms with Crippen molar-refractivity contribution in [3.05, 3.63) is 35.4 Å². The molecular formula is C16H21F3O. The van der Waals surface area contributed by atoms with Gasteiger partial charge in [0.2, 0.25) is 0 Å². The highest BCUT2D eigenvalue weighted by Crippen LogP contribution is 2.33. The number of Topliss-reactive ketones (excluding diaryl/α,β-unsaturated/α-hetero) is 1. The summed E-state index contributed by atoms with van der Waals surface area (Å²) in [5.74, 6) is -0.232. The first kappa shape index (κ1) is 16.7. The third kappa shape index (κ3) is 4.66. The maximum absolute atomic E-state index is 12.9. The molecule has 1 unspecified atom stereocenters. The lowest BCUT2D eigenvalue weighted by molar-refractivity contribution is -0.137. The van der Waals surface area contributed by atoms with Gasteiger partial charge in [-0.25, -0.2) is 0 Å². The number of hydrogen-bond donors (Lipinski definition) is 0. The predicted octanol–water partition coefficient (Wildman–Crippen LogP) is 5.49. The van der Waals surface area contributed by atoms with E-state index in [0.717, 1.165) is 31.7 Å². The third-order valence-corrected chi connectivity index (χ3v) is 3.55. The van der Waals surface area contributed by atoms with E-state index in [0.29, 0.717) is 0 Å². The van der Waals surface area contributed by atoms with Crippen molar-refractivity contribution in [3.8, 4) is 0 Å². The van der Waals surface area contributed by atoms with Crippen LogP contribution in [0.1, 0.15) is 61.9 Å². The summed E-state index contributed by atoms with van der Waals surface area (Å²) in [4.78, 5) is 12.1. The van der Waals surface area contributed by atoms with Crippen LogP contribution in [0.15, 0.2) is 24.3 Å². The van der Waals surface area contributed by atoms with Gasteiger partial charge in [-0.1, -0.05) is 57.7 Å². The summed E-state index contributed by atoms with van der Waals surface area (Å²) in [7, 11) is 0. The number of rotatable bonds is 7. The van der Waals surface area contributed by atoms with Crippen LogP contribution in [0.4, 0.5) is 13.2 Å². The van der Waals surface area contributed by atoms with Gasteiger partial charge in [0, 0.05) is 12.0 Å². The van der Waals surface area contributed by atoms with E-state index in [2.05, 4.69) is 6.92 Å². The van der Waals surface area contributed by atoms with Crippen molar-refractivity contribution >= 4 is 5.78 Å². The molecule has 1 aromatic rings. The molecule has 4 heteroatoms. The largest absolute Gasteiger partial charge is 0.417 e. The van der Waals surface area contributed by atoms with Gasteiger partial charge in [-0.2, -0.15) is 13.2 Å². The van der Waals surface area contributed by atoms with Gasteiger partial charge in [0.1, 0.15) is 0 Å². The van der Waals surface area contributed by atoms with Crippen molar-refractivity contribution in [1.82, 2.24) is 0 Å². The van der Waals surface area contributed by atoms with Gasteiger partial charge in [0.25, 0.3) is 0 Å². The van der Waals surface area contributed by atoms with Crippen molar-refractivity contribution in [2.24, 2.45) is 5.92 Å². The van der Waals surface area contributed by atoms with E-state index in [-0.39, 0.29) is 17.9 Å². The normalized spacial score (nSPS) is 13.2. The van der Waals surface area contributed by atoms with Gasteiger partial charge < -0.3 is 0 Å². The molecule has 0 heterocycles. The third-order valence-electron chi connectivity index (χ3n) is 3.55. The van der Waals surface area contributed by atoms with E-state index in [1.54, 1.807) is 0 Å². The summed E-state index contributed by atoms with van der Waals surface area (Å²) in [6.45, 7) is 4.04. The number of ketones is 1. The van der Waals surface area contributed by atoms with Gasteiger partial charge in [-0.3, -0.25) is 4.79 Å². The van der Waals surface area contributed by atoms with Crippen LogP contribution < -0.4 is 0 Å². The van der Waals surface area contributed by atoms with Crippen molar-refractivity contribution in [2.45, 2.75) is 52.1 Å². The highest BCUT2D eigenvalue weighted by Gasteiger charge is 2.34. The highest BCUT2D eigenvalue weighted by molar-refractivity contribution is 5.97. The van der Waals surface area contributed by atoms with E-state index in [9.17, 15) is 18.0 Å². The molecule has 0 spiro atoms. The molecule has 0 amide bonds. The Bertz CT molecular complexity index is 438. The van der Waals surface area contributed by atoms with Gasteiger partial charge in [-0.15, -0.1) is 0 Å². The highest BCUT2D eigenvalue weighted by atomic mass is 19.4. The molecule has 0 aromatic heterocycles. The van der Waals surface area contributed by atoms with Crippen LogP contribution >= 0.6 is 0 Å². The zero-order valence-electron chi connectivity index (χ0n) is 12.0. The molecule has 0 N–H and O–H groups in total. The number of halogens is 3. The van der Waals surface area contributed by atoms with E-state index in [1.807, 2.05) is 6.92 Å². The smallest absolute Gasteiger partial charge is 0.294 e. The molecule has 0 aliphatic heterocycles. The minimum Gasteiger partial charge on any atom is -0.294 e. The Balaban J connectivity index is 2.87. The molecule has 112 valence electrons. The van der Waals surface area contributed by atoms with Crippen LogP contribution in [-0.4, -0.2) is 5.78 Å². The maximum atomic E-state index is 12.9. The van der Waals surface area contributed by atoms with Crippen LogP contribution in [0.3, 0.4) is 0 Å². The summed E-state index contributed by atoms with van der Waals surface area (Å²) >= 11 is 0. The van der Waals surface area contributed by atoms with Crippen LogP contribution in [0.2, 0.25) is 0 Å². The molecule has 0 aliphatic carbocycles. The molecule has 1 rings (SSSR count). The van der Waals surface area contributed by atoms with Gasteiger partial charge in [0.15, 0.2) is 5.78 Å². The second-order valence-corrected chi connectivity index (χ2v) is 5.09. The SMILES string of the molecule is CCCCC(CC)CC(=O)c1ccccc1C(F)(F)F. The van der Waals surface area contributed by atoms with Crippen molar-refractivity contribution in [1.29, 1.82) is 0 Å². The minimum atomic E-state index is -4.47. The van der Waals surface area contributed by atoms with E-state index >= 15 is 0 Å². The predicted molar refractivity (Wildman–Crippen MR) is 73.7 cm³/mol. The maximum Gasteiger partial charge on any atom is 0.417 e. The van der Waals surface area contributed by atoms with Crippen LogP contribution in [0, 0.1) is 5.92 Å². The number of carbonyl (C=O) groups is 1. The fourth-order valence-electron chi connectivity index (χ4n) is 2.29. The fourth-order valence-corrected chi connectivity index (χ4v) is 2.29. The first-order valence-electron chi connectivity index (χ1n) is 7.09. The van der Waals surface area contributed by atoms with Gasteiger partial charge in [-0.05, 0) is 12.0 Å². The van der Waals surface area contributed by atoms with Crippen molar-refractivity contribution in [3.63, 3.8) is 0 Å². The molecule has 0 fully saturated rings. The fraction of sp³-hybridized carbons (Fsp3) is 0.562. The molecule has 20 heavy (non-hydrogen) atoms. The second kappa shape index (κ2) is 7.46. The quantitative estimate of drug-likeness (QED) is 0.605. The Labute approximate surface area is 118 Å². The zero-order chi connectivity index (χ0) is 15.2. The van der Waals surface area contributed by atoms with Crippen LogP contribution in [0.5, 0.6) is 0 Å². The molecule has 1 nitrogen and oxygen atoms in total.